The Balaban J connectivity index is 3.43. The molecule has 0 saturated heterocycles. The Hall–Kier alpha value is -0.630. The number of nitrogen functional groups attached to an aromatic ring is 1. The van der Waals surface area contributed by atoms with Gasteiger partial charge in [0, 0.05) is 4.47 Å². The highest BCUT2D eigenvalue weighted by molar-refractivity contribution is 9.10. The van der Waals surface area contributed by atoms with E-state index in [2.05, 4.69) is 21.4 Å². The fraction of sp³-hybridized carbons (Fsp3) is 0.143. The zero-order valence-corrected chi connectivity index (χ0v) is 9.68. The summed E-state index contributed by atoms with van der Waals surface area (Å²) >= 11 is 3.13. The van der Waals surface area contributed by atoms with Gasteiger partial charge >= 0.3 is 0 Å². The fourth-order valence-electron chi connectivity index (χ4n) is 1.04. The van der Waals surface area contributed by atoms with E-state index in [4.69, 9.17) is 10.4 Å². The van der Waals surface area contributed by atoms with E-state index in [1.165, 1.54) is 12.1 Å². The second-order valence-electron chi connectivity index (χ2n) is 2.72. The van der Waals surface area contributed by atoms with Crippen LogP contribution < -0.4 is 11.3 Å². The van der Waals surface area contributed by atoms with Gasteiger partial charge in [0.1, 0.15) is 0 Å². The second-order valence-corrected chi connectivity index (χ2v) is 4.99. The van der Waals surface area contributed by atoms with Gasteiger partial charge in [0.25, 0.3) is 10.1 Å². The summed E-state index contributed by atoms with van der Waals surface area (Å²) in [5.74, 6) is 5.22. The van der Waals surface area contributed by atoms with Crippen LogP contribution in [0.2, 0.25) is 0 Å². The molecular weight excluding hydrogens is 272 g/mol. The molecule has 0 amide bonds. The lowest BCUT2D eigenvalue weighted by Crippen LogP contribution is -2.10. The van der Waals surface area contributed by atoms with Gasteiger partial charge in [0.2, 0.25) is 0 Å². The van der Waals surface area contributed by atoms with Gasteiger partial charge in [0.05, 0.1) is 10.6 Å². The summed E-state index contributed by atoms with van der Waals surface area (Å²) in [4.78, 5) is -0.166. The third-order valence-electron chi connectivity index (χ3n) is 1.70. The first-order valence-corrected chi connectivity index (χ1v) is 5.84. The molecule has 0 aromatic heterocycles. The Morgan fingerprint density at radius 2 is 2.07 bits per heavy atom. The number of hydrogen-bond donors (Lipinski definition) is 3. The van der Waals surface area contributed by atoms with E-state index in [0.717, 1.165) is 0 Å². The fourth-order valence-corrected chi connectivity index (χ4v) is 2.46. The van der Waals surface area contributed by atoms with Crippen molar-refractivity contribution in [3.05, 3.63) is 22.2 Å². The average molecular weight is 281 g/mol. The molecule has 0 aliphatic carbocycles. The molecule has 0 spiro atoms. The van der Waals surface area contributed by atoms with Crippen molar-refractivity contribution in [2.75, 3.05) is 5.43 Å². The molecule has 78 valence electrons. The van der Waals surface area contributed by atoms with Crippen LogP contribution in [0.25, 0.3) is 0 Å². The number of nitrogens with one attached hydrogen (secondary N) is 1. The number of nitrogens with two attached hydrogens (primary N) is 1. The van der Waals surface area contributed by atoms with Gasteiger partial charge in [-0.05, 0) is 40.5 Å². The molecule has 1 aromatic rings. The first-order chi connectivity index (χ1) is 6.36. The second kappa shape index (κ2) is 3.85. The molecule has 0 saturated carbocycles. The molecule has 0 aliphatic heterocycles. The van der Waals surface area contributed by atoms with E-state index in [-0.39, 0.29) is 4.90 Å². The van der Waals surface area contributed by atoms with Crippen LogP contribution in [-0.4, -0.2) is 13.0 Å². The Morgan fingerprint density at radius 3 is 2.43 bits per heavy atom. The maximum atomic E-state index is 10.8. The van der Waals surface area contributed by atoms with Crippen LogP contribution in [0.5, 0.6) is 0 Å². The highest BCUT2D eigenvalue weighted by atomic mass is 79.9. The lowest BCUT2D eigenvalue weighted by atomic mass is 10.2. The quantitative estimate of drug-likeness (QED) is 0.431. The highest BCUT2D eigenvalue weighted by Crippen LogP contribution is 2.28. The minimum atomic E-state index is -4.17. The van der Waals surface area contributed by atoms with E-state index < -0.39 is 10.1 Å². The average Bonchev–Trinajstić information content (AvgIpc) is 2.01. The lowest BCUT2D eigenvalue weighted by Gasteiger charge is -2.08. The first-order valence-electron chi connectivity index (χ1n) is 3.60. The molecule has 0 radical (unpaired) electrons. The van der Waals surface area contributed by atoms with Crippen LogP contribution in [0.4, 0.5) is 5.69 Å². The van der Waals surface area contributed by atoms with Crippen molar-refractivity contribution >= 4 is 31.7 Å². The SMILES string of the molecule is Cc1cc(S(=O)(=O)O)cc(Br)c1NN. The molecule has 0 atom stereocenters. The Bertz CT molecular complexity index is 435. The monoisotopic (exact) mass is 280 g/mol. The van der Waals surface area contributed by atoms with Crippen molar-refractivity contribution in [2.45, 2.75) is 11.8 Å². The Morgan fingerprint density at radius 1 is 1.50 bits per heavy atom. The first kappa shape index (κ1) is 11.4. The highest BCUT2D eigenvalue weighted by Gasteiger charge is 2.13. The molecule has 5 nitrogen and oxygen atoms in total. The van der Waals surface area contributed by atoms with Crippen LogP contribution >= 0.6 is 15.9 Å². The van der Waals surface area contributed by atoms with Gasteiger partial charge in [-0.3, -0.25) is 10.4 Å². The van der Waals surface area contributed by atoms with Crippen LogP contribution in [0.3, 0.4) is 0 Å². The molecule has 0 bridgehead atoms. The summed E-state index contributed by atoms with van der Waals surface area (Å²) < 4.78 is 30.9. The number of anilines is 1. The normalized spacial score (nSPS) is 11.4. The number of halogens is 1. The lowest BCUT2D eigenvalue weighted by molar-refractivity contribution is 0.483. The van der Waals surface area contributed by atoms with Crippen LogP contribution in [0.15, 0.2) is 21.5 Å². The molecular formula is C7H9BrN2O3S. The zero-order chi connectivity index (χ0) is 10.9. The zero-order valence-electron chi connectivity index (χ0n) is 7.28. The summed E-state index contributed by atoms with van der Waals surface area (Å²) in [6.45, 7) is 1.68. The van der Waals surface area contributed by atoms with E-state index >= 15 is 0 Å². The topological polar surface area (TPSA) is 92.4 Å². The summed E-state index contributed by atoms with van der Waals surface area (Å²) in [7, 11) is -4.17. The van der Waals surface area contributed by atoms with Crippen molar-refractivity contribution in [2.24, 2.45) is 5.84 Å². The standard InChI is InChI=1S/C7H9BrN2O3S/c1-4-2-5(14(11,12)13)3-6(8)7(4)10-9/h2-3,10H,9H2,1H3,(H,11,12,13). The van der Waals surface area contributed by atoms with Crippen LogP contribution in [0, 0.1) is 6.92 Å². The van der Waals surface area contributed by atoms with Gasteiger partial charge in [-0.15, -0.1) is 0 Å². The van der Waals surface area contributed by atoms with E-state index in [1.54, 1.807) is 6.92 Å². The molecule has 0 fully saturated rings. The molecule has 4 N–H and O–H groups in total. The van der Waals surface area contributed by atoms with Crippen molar-refractivity contribution in [3.8, 4) is 0 Å². The van der Waals surface area contributed by atoms with E-state index in [1.807, 2.05) is 0 Å². The predicted octanol–water partition coefficient (Wildman–Crippen LogP) is 1.29. The minimum absolute atomic E-state index is 0.166. The van der Waals surface area contributed by atoms with Crippen LogP contribution in [0.1, 0.15) is 5.56 Å². The van der Waals surface area contributed by atoms with Gasteiger partial charge < -0.3 is 5.43 Å². The van der Waals surface area contributed by atoms with Gasteiger partial charge in [-0.1, -0.05) is 0 Å². The van der Waals surface area contributed by atoms with E-state index in [9.17, 15) is 8.42 Å². The number of aryl methyl sites for hydroxylation is 1. The maximum Gasteiger partial charge on any atom is 0.294 e. The van der Waals surface area contributed by atoms with Gasteiger partial charge in [-0.25, -0.2) is 0 Å². The summed E-state index contributed by atoms with van der Waals surface area (Å²) in [5.41, 5.74) is 3.62. The Kier molecular flexibility index (Phi) is 3.15. The van der Waals surface area contributed by atoms with Gasteiger partial charge in [0.15, 0.2) is 0 Å². The minimum Gasteiger partial charge on any atom is -0.323 e. The smallest absolute Gasteiger partial charge is 0.294 e. The molecule has 0 aliphatic rings. The Labute approximate surface area is 90.2 Å². The molecule has 0 heterocycles. The van der Waals surface area contributed by atoms with Crippen molar-refractivity contribution < 1.29 is 13.0 Å². The molecule has 14 heavy (non-hydrogen) atoms. The summed E-state index contributed by atoms with van der Waals surface area (Å²) in [6, 6.07) is 2.60. The molecule has 7 heteroatoms. The summed E-state index contributed by atoms with van der Waals surface area (Å²) in [5, 5.41) is 0. The van der Waals surface area contributed by atoms with Gasteiger partial charge in [-0.2, -0.15) is 8.42 Å². The number of hydrazine groups is 1. The third-order valence-corrected chi connectivity index (χ3v) is 3.16. The van der Waals surface area contributed by atoms with Crippen molar-refractivity contribution in [1.29, 1.82) is 0 Å². The molecule has 1 aromatic carbocycles. The van der Waals surface area contributed by atoms with E-state index in [0.29, 0.717) is 15.7 Å². The number of rotatable bonds is 2. The van der Waals surface area contributed by atoms with Crippen molar-refractivity contribution in [1.82, 2.24) is 0 Å². The predicted molar refractivity (Wildman–Crippen MR) is 56.5 cm³/mol. The number of benzene rings is 1. The summed E-state index contributed by atoms with van der Waals surface area (Å²) in [6.07, 6.45) is 0. The van der Waals surface area contributed by atoms with Crippen molar-refractivity contribution in [3.63, 3.8) is 0 Å². The largest absolute Gasteiger partial charge is 0.323 e. The molecule has 0 unspecified atom stereocenters. The molecule has 1 rings (SSSR count). The maximum absolute atomic E-state index is 10.8. The van der Waals surface area contributed by atoms with Crippen LogP contribution in [-0.2, 0) is 10.1 Å². The number of hydrogen-bond acceptors (Lipinski definition) is 4. The third kappa shape index (κ3) is 2.24.